The molecule has 0 saturated heterocycles. The van der Waals surface area contributed by atoms with E-state index in [4.69, 9.17) is 28.3 Å². The molecule has 0 amide bonds. The smallest absolute Gasteiger partial charge is 0.225 e. The first-order valence-corrected chi connectivity index (χ1v) is 10.2. The van der Waals surface area contributed by atoms with E-state index in [0.717, 1.165) is 24.3 Å². The molecule has 0 unspecified atom stereocenters. The first kappa shape index (κ1) is 21.6. The van der Waals surface area contributed by atoms with E-state index in [2.05, 4.69) is 0 Å². The summed E-state index contributed by atoms with van der Waals surface area (Å²) in [5.41, 5.74) is -0.992. The average Bonchev–Trinajstić information content (AvgIpc) is 2.66. The molecule has 0 aromatic heterocycles. The maximum atomic E-state index is 14.7. The number of primary sulfonamides is 1. The maximum Gasteiger partial charge on any atom is 0.238 e. The van der Waals surface area contributed by atoms with Gasteiger partial charge in [-0.15, -0.1) is 0 Å². The van der Waals surface area contributed by atoms with Gasteiger partial charge in [0, 0.05) is 21.2 Å². The average molecular weight is 464 g/mol. The highest BCUT2D eigenvalue weighted by Crippen LogP contribution is 2.41. The molecule has 0 spiro atoms. The molecule has 10 heteroatoms. The fraction of sp³-hybridized carbons (Fsp3) is 0.0526. The molecule has 0 fully saturated rings. The summed E-state index contributed by atoms with van der Waals surface area (Å²) < 4.78 is 80.2. The molecule has 29 heavy (non-hydrogen) atoms. The third kappa shape index (κ3) is 3.85. The molecular weight excluding hydrogens is 453 g/mol. The third-order valence-electron chi connectivity index (χ3n) is 4.31. The summed E-state index contributed by atoms with van der Waals surface area (Å²) in [6.07, 6.45) is 0. The summed E-state index contributed by atoms with van der Waals surface area (Å²) in [6, 6.07) is 6.72. The Balaban J connectivity index is 2.38. The Kier molecular flexibility index (Phi) is 5.66. The van der Waals surface area contributed by atoms with Gasteiger partial charge in [0.1, 0.15) is 0 Å². The van der Waals surface area contributed by atoms with Crippen molar-refractivity contribution in [2.45, 2.75) is 11.8 Å². The van der Waals surface area contributed by atoms with Gasteiger partial charge in [0.05, 0.1) is 4.90 Å². The van der Waals surface area contributed by atoms with Crippen molar-refractivity contribution >= 4 is 33.2 Å². The van der Waals surface area contributed by atoms with Crippen molar-refractivity contribution in [1.82, 2.24) is 0 Å². The molecule has 0 radical (unpaired) electrons. The molecule has 152 valence electrons. The van der Waals surface area contributed by atoms with Crippen LogP contribution in [0.1, 0.15) is 5.56 Å². The Labute approximate surface area is 173 Å². The van der Waals surface area contributed by atoms with E-state index in [1.54, 1.807) is 6.92 Å². The van der Waals surface area contributed by atoms with Gasteiger partial charge in [-0.3, -0.25) is 0 Å². The molecule has 0 aliphatic carbocycles. The molecule has 3 rings (SSSR count). The summed E-state index contributed by atoms with van der Waals surface area (Å²) in [6.45, 7) is 1.59. The highest BCUT2D eigenvalue weighted by Gasteiger charge is 2.28. The second-order valence-electron chi connectivity index (χ2n) is 6.14. The lowest BCUT2D eigenvalue weighted by molar-refractivity contribution is 0.412. The van der Waals surface area contributed by atoms with Crippen LogP contribution in [0.3, 0.4) is 0 Å². The Bertz CT molecular complexity index is 1220. The van der Waals surface area contributed by atoms with E-state index in [1.165, 1.54) is 12.1 Å². The van der Waals surface area contributed by atoms with E-state index in [1.807, 2.05) is 0 Å². The lowest BCUT2D eigenvalue weighted by Crippen LogP contribution is -2.11. The van der Waals surface area contributed by atoms with Crippen LogP contribution in [0, 0.1) is 30.2 Å². The fourth-order valence-electron chi connectivity index (χ4n) is 2.77. The van der Waals surface area contributed by atoms with Crippen LogP contribution in [0.4, 0.5) is 17.6 Å². The molecule has 0 bridgehead atoms. The van der Waals surface area contributed by atoms with Crippen molar-refractivity contribution in [3.05, 3.63) is 75.3 Å². The molecule has 0 aliphatic rings. The largest absolute Gasteiger partial charge is 0.238 e. The van der Waals surface area contributed by atoms with E-state index in [-0.39, 0.29) is 26.1 Å². The van der Waals surface area contributed by atoms with E-state index in [0.29, 0.717) is 5.56 Å². The van der Waals surface area contributed by atoms with Gasteiger partial charge >= 0.3 is 0 Å². The van der Waals surface area contributed by atoms with Crippen molar-refractivity contribution in [1.29, 1.82) is 0 Å². The normalized spacial score (nSPS) is 11.7. The minimum absolute atomic E-state index is 0.0913. The van der Waals surface area contributed by atoms with Crippen LogP contribution < -0.4 is 5.14 Å². The Morgan fingerprint density at radius 2 is 1.17 bits per heavy atom. The van der Waals surface area contributed by atoms with Crippen molar-refractivity contribution < 1.29 is 26.0 Å². The van der Waals surface area contributed by atoms with Crippen LogP contribution in [0.15, 0.2) is 41.3 Å². The molecule has 0 aliphatic heterocycles. The predicted molar refractivity (Wildman–Crippen MR) is 103 cm³/mol. The standard InChI is InChI=1S/C19H11Cl2F4NO2S/c1-8-12(20)6-10(7-13(8)21)15-14(16(22)18(24)19(25)17(15)23)9-2-4-11(5-3-9)29(26,27)28/h2-7H,1H3,(H2,26,27,28). The van der Waals surface area contributed by atoms with Crippen LogP contribution in [-0.4, -0.2) is 8.42 Å². The molecular formula is C19H11Cl2F4NO2S. The van der Waals surface area contributed by atoms with Crippen molar-refractivity contribution in [3.63, 3.8) is 0 Å². The van der Waals surface area contributed by atoms with Gasteiger partial charge in [0.2, 0.25) is 10.0 Å². The van der Waals surface area contributed by atoms with Gasteiger partial charge in [0.15, 0.2) is 23.3 Å². The predicted octanol–water partition coefficient (Wildman–Crippen LogP) is 5.84. The Morgan fingerprint density at radius 3 is 1.59 bits per heavy atom. The topological polar surface area (TPSA) is 60.2 Å². The first-order chi connectivity index (χ1) is 13.4. The molecule has 0 heterocycles. The molecule has 2 N–H and O–H groups in total. The zero-order valence-electron chi connectivity index (χ0n) is 14.5. The van der Waals surface area contributed by atoms with E-state index >= 15 is 0 Å². The van der Waals surface area contributed by atoms with Gasteiger partial charge in [-0.05, 0) is 47.9 Å². The lowest BCUT2D eigenvalue weighted by atomic mass is 9.92. The van der Waals surface area contributed by atoms with Crippen LogP contribution in [0.25, 0.3) is 22.3 Å². The van der Waals surface area contributed by atoms with Crippen molar-refractivity contribution in [2.24, 2.45) is 5.14 Å². The van der Waals surface area contributed by atoms with Gasteiger partial charge in [-0.1, -0.05) is 35.3 Å². The number of hydrogen-bond donors (Lipinski definition) is 1. The maximum absolute atomic E-state index is 14.7. The second kappa shape index (κ2) is 7.60. The van der Waals surface area contributed by atoms with Crippen LogP contribution in [0.2, 0.25) is 10.0 Å². The Hall–Kier alpha value is -2.13. The van der Waals surface area contributed by atoms with Crippen LogP contribution in [-0.2, 0) is 10.0 Å². The summed E-state index contributed by atoms with van der Waals surface area (Å²) in [7, 11) is -4.05. The quantitative estimate of drug-likeness (QED) is 0.301. The number of nitrogens with two attached hydrogens (primary N) is 1. The molecule has 0 atom stereocenters. The number of rotatable bonds is 3. The number of halogens is 6. The van der Waals surface area contributed by atoms with Gasteiger partial charge in [0.25, 0.3) is 0 Å². The second-order valence-corrected chi connectivity index (χ2v) is 8.52. The Morgan fingerprint density at radius 1 is 0.759 bits per heavy atom. The van der Waals surface area contributed by atoms with Crippen molar-refractivity contribution in [3.8, 4) is 22.3 Å². The zero-order valence-corrected chi connectivity index (χ0v) is 16.9. The summed E-state index contributed by atoms with van der Waals surface area (Å²) in [5.74, 6) is -7.32. The van der Waals surface area contributed by atoms with Crippen molar-refractivity contribution in [2.75, 3.05) is 0 Å². The fourth-order valence-corrected chi connectivity index (χ4v) is 3.78. The van der Waals surface area contributed by atoms with Gasteiger partial charge in [-0.2, -0.15) is 0 Å². The van der Waals surface area contributed by atoms with Crippen LogP contribution >= 0.6 is 23.2 Å². The van der Waals surface area contributed by atoms with Gasteiger partial charge in [-0.25, -0.2) is 31.1 Å². The SMILES string of the molecule is Cc1c(Cl)cc(-c2c(F)c(F)c(F)c(F)c2-c2ccc(S(N)(=O)=O)cc2)cc1Cl. The first-order valence-electron chi connectivity index (χ1n) is 7.88. The number of benzene rings is 3. The summed E-state index contributed by atoms with van der Waals surface area (Å²) >= 11 is 12.1. The van der Waals surface area contributed by atoms with E-state index in [9.17, 15) is 26.0 Å². The minimum atomic E-state index is -4.05. The highest BCUT2D eigenvalue weighted by atomic mass is 35.5. The lowest BCUT2D eigenvalue weighted by Gasteiger charge is -2.16. The number of hydrogen-bond acceptors (Lipinski definition) is 2. The van der Waals surface area contributed by atoms with E-state index < -0.39 is 44.4 Å². The zero-order chi connectivity index (χ0) is 21.7. The monoisotopic (exact) mass is 463 g/mol. The highest BCUT2D eigenvalue weighted by molar-refractivity contribution is 7.89. The molecule has 3 aromatic rings. The third-order valence-corrected chi connectivity index (χ3v) is 6.02. The van der Waals surface area contributed by atoms with Crippen LogP contribution in [0.5, 0.6) is 0 Å². The molecule has 0 saturated carbocycles. The summed E-state index contributed by atoms with van der Waals surface area (Å²) in [4.78, 5) is -0.298. The molecule has 3 aromatic carbocycles. The van der Waals surface area contributed by atoms with Gasteiger partial charge < -0.3 is 0 Å². The summed E-state index contributed by atoms with van der Waals surface area (Å²) in [5, 5.41) is 5.22. The molecule has 3 nitrogen and oxygen atoms in total. The number of sulfonamides is 1. The minimum Gasteiger partial charge on any atom is -0.225 e.